The van der Waals surface area contributed by atoms with Crippen LogP contribution in [0.4, 0.5) is 0 Å². The fourth-order valence-electron chi connectivity index (χ4n) is 1.58. The second kappa shape index (κ2) is 6.57. The lowest BCUT2D eigenvalue weighted by molar-refractivity contribution is -0.132. The lowest BCUT2D eigenvalue weighted by atomic mass is 9.87. The van der Waals surface area contributed by atoms with Crippen molar-refractivity contribution in [2.45, 2.75) is 26.2 Å². The van der Waals surface area contributed by atoms with Crippen molar-refractivity contribution in [1.82, 2.24) is 4.90 Å². The number of likely N-dealkylation sites (N-methyl/N-ethyl adjacent to an activating group) is 1. The number of rotatable bonds is 5. The van der Waals surface area contributed by atoms with Gasteiger partial charge in [-0.1, -0.05) is 32.9 Å². The number of ether oxygens (including phenoxy) is 1. The smallest absolute Gasteiger partial charge is 0.260 e. The first kappa shape index (κ1) is 15.5. The van der Waals surface area contributed by atoms with E-state index in [4.69, 9.17) is 9.84 Å². The van der Waals surface area contributed by atoms with Crippen LogP contribution in [0.1, 0.15) is 26.3 Å². The number of amides is 1. The van der Waals surface area contributed by atoms with Crippen molar-refractivity contribution < 1.29 is 14.6 Å². The SMILES string of the molecule is CN(CCO)C(=O)COc1cccc(C(C)(C)C)c1. The average molecular weight is 265 g/mol. The fraction of sp³-hybridized carbons (Fsp3) is 0.533. The van der Waals surface area contributed by atoms with E-state index in [9.17, 15) is 4.79 Å². The summed E-state index contributed by atoms with van der Waals surface area (Å²) in [5.74, 6) is 0.549. The minimum Gasteiger partial charge on any atom is -0.484 e. The molecule has 0 aliphatic rings. The Kier molecular flexibility index (Phi) is 5.36. The number of benzene rings is 1. The van der Waals surface area contributed by atoms with Crippen LogP contribution in [0.5, 0.6) is 5.75 Å². The number of hydrogen-bond acceptors (Lipinski definition) is 3. The van der Waals surface area contributed by atoms with Crippen LogP contribution in [-0.2, 0) is 10.2 Å². The fourth-order valence-corrected chi connectivity index (χ4v) is 1.58. The Labute approximate surface area is 115 Å². The van der Waals surface area contributed by atoms with Crippen molar-refractivity contribution in [2.24, 2.45) is 0 Å². The van der Waals surface area contributed by atoms with Crippen LogP contribution < -0.4 is 4.74 Å². The van der Waals surface area contributed by atoms with Crippen molar-refractivity contribution in [3.05, 3.63) is 29.8 Å². The molecule has 4 heteroatoms. The van der Waals surface area contributed by atoms with E-state index in [-0.39, 0.29) is 24.5 Å². The van der Waals surface area contributed by atoms with Gasteiger partial charge in [-0.2, -0.15) is 0 Å². The zero-order valence-electron chi connectivity index (χ0n) is 12.1. The molecule has 0 unspecified atom stereocenters. The summed E-state index contributed by atoms with van der Waals surface area (Å²) in [6.07, 6.45) is 0. The molecule has 1 rings (SSSR count). The average Bonchev–Trinajstić information content (AvgIpc) is 2.35. The van der Waals surface area contributed by atoms with Gasteiger partial charge in [0.2, 0.25) is 0 Å². The van der Waals surface area contributed by atoms with Gasteiger partial charge in [0, 0.05) is 13.6 Å². The predicted molar refractivity (Wildman–Crippen MR) is 75.4 cm³/mol. The summed E-state index contributed by atoms with van der Waals surface area (Å²) in [5.41, 5.74) is 1.22. The molecule has 0 spiro atoms. The summed E-state index contributed by atoms with van der Waals surface area (Å²) in [4.78, 5) is 13.1. The van der Waals surface area contributed by atoms with Crippen molar-refractivity contribution in [3.63, 3.8) is 0 Å². The lowest BCUT2D eigenvalue weighted by Gasteiger charge is -2.20. The Morgan fingerprint density at radius 3 is 2.63 bits per heavy atom. The van der Waals surface area contributed by atoms with Crippen molar-refractivity contribution in [3.8, 4) is 5.75 Å². The first-order chi connectivity index (χ1) is 8.84. The van der Waals surface area contributed by atoms with E-state index in [0.29, 0.717) is 12.3 Å². The molecular weight excluding hydrogens is 242 g/mol. The second-order valence-corrected chi connectivity index (χ2v) is 5.61. The summed E-state index contributed by atoms with van der Waals surface area (Å²) in [5, 5.41) is 8.76. The third-order valence-corrected chi connectivity index (χ3v) is 2.92. The molecule has 1 aromatic rings. The maximum atomic E-state index is 11.7. The molecule has 0 aromatic heterocycles. The van der Waals surface area contributed by atoms with E-state index in [1.807, 2.05) is 24.3 Å². The molecular formula is C15H23NO3. The maximum Gasteiger partial charge on any atom is 0.260 e. The minimum absolute atomic E-state index is 0.00983. The Morgan fingerprint density at radius 1 is 1.37 bits per heavy atom. The highest BCUT2D eigenvalue weighted by atomic mass is 16.5. The molecule has 1 N–H and O–H groups in total. The normalized spacial score (nSPS) is 11.2. The zero-order chi connectivity index (χ0) is 14.5. The largest absolute Gasteiger partial charge is 0.484 e. The summed E-state index contributed by atoms with van der Waals surface area (Å²) in [7, 11) is 1.65. The highest BCUT2D eigenvalue weighted by Crippen LogP contribution is 2.25. The standard InChI is InChI=1S/C15H23NO3/c1-15(2,3)12-6-5-7-13(10-12)19-11-14(18)16(4)8-9-17/h5-7,10,17H,8-9,11H2,1-4H3. The quantitative estimate of drug-likeness (QED) is 0.883. The van der Waals surface area contributed by atoms with Crippen LogP contribution in [0.25, 0.3) is 0 Å². The van der Waals surface area contributed by atoms with Crippen molar-refractivity contribution >= 4 is 5.91 Å². The molecule has 0 saturated carbocycles. The zero-order valence-corrected chi connectivity index (χ0v) is 12.1. The van der Waals surface area contributed by atoms with Crippen LogP contribution in [-0.4, -0.2) is 42.7 Å². The highest BCUT2D eigenvalue weighted by Gasteiger charge is 2.14. The van der Waals surface area contributed by atoms with E-state index < -0.39 is 0 Å². The lowest BCUT2D eigenvalue weighted by Crippen LogP contribution is -2.33. The van der Waals surface area contributed by atoms with Crippen LogP contribution in [0.3, 0.4) is 0 Å². The molecule has 19 heavy (non-hydrogen) atoms. The van der Waals surface area contributed by atoms with Gasteiger partial charge in [-0.15, -0.1) is 0 Å². The van der Waals surface area contributed by atoms with E-state index >= 15 is 0 Å². The minimum atomic E-state index is -0.143. The maximum absolute atomic E-state index is 11.7. The van der Waals surface area contributed by atoms with E-state index in [1.165, 1.54) is 10.5 Å². The molecule has 0 heterocycles. The van der Waals surface area contributed by atoms with Crippen LogP contribution in [0, 0.1) is 0 Å². The first-order valence-electron chi connectivity index (χ1n) is 6.43. The number of aliphatic hydroxyl groups excluding tert-OH is 1. The molecule has 0 aliphatic carbocycles. The van der Waals surface area contributed by atoms with Gasteiger partial charge in [-0.05, 0) is 23.1 Å². The van der Waals surface area contributed by atoms with E-state index in [1.54, 1.807) is 7.05 Å². The molecule has 1 amide bonds. The molecule has 106 valence electrons. The van der Waals surface area contributed by atoms with Crippen LogP contribution in [0.2, 0.25) is 0 Å². The van der Waals surface area contributed by atoms with E-state index in [2.05, 4.69) is 20.8 Å². The highest BCUT2D eigenvalue weighted by molar-refractivity contribution is 5.77. The number of hydrogen-bond donors (Lipinski definition) is 1. The Bertz CT molecular complexity index is 424. The molecule has 1 aromatic carbocycles. The van der Waals surface area contributed by atoms with Crippen molar-refractivity contribution in [1.29, 1.82) is 0 Å². The van der Waals surface area contributed by atoms with Crippen LogP contribution in [0.15, 0.2) is 24.3 Å². The third kappa shape index (κ3) is 4.91. The molecule has 0 radical (unpaired) electrons. The van der Waals surface area contributed by atoms with Gasteiger partial charge in [0.05, 0.1) is 6.61 Å². The third-order valence-electron chi connectivity index (χ3n) is 2.92. The Balaban J connectivity index is 2.61. The number of carbonyl (C=O) groups is 1. The molecule has 0 fully saturated rings. The predicted octanol–water partition coefficient (Wildman–Crippen LogP) is 1.81. The van der Waals surface area contributed by atoms with Crippen LogP contribution >= 0.6 is 0 Å². The molecule has 0 saturated heterocycles. The van der Waals surface area contributed by atoms with Gasteiger partial charge >= 0.3 is 0 Å². The molecule has 0 atom stereocenters. The Hall–Kier alpha value is -1.55. The van der Waals surface area contributed by atoms with Crippen molar-refractivity contribution in [2.75, 3.05) is 26.8 Å². The van der Waals surface area contributed by atoms with Gasteiger partial charge in [0.15, 0.2) is 6.61 Å². The summed E-state index contributed by atoms with van der Waals surface area (Å²) < 4.78 is 5.50. The Morgan fingerprint density at radius 2 is 2.05 bits per heavy atom. The van der Waals surface area contributed by atoms with Gasteiger partial charge in [0.25, 0.3) is 5.91 Å². The molecule has 0 aliphatic heterocycles. The number of aliphatic hydroxyl groups is 1. The van der Waals surface area contributed by atoms with Gasteiger partial charge < -0.3 is 14.7 Å². The van der Waals surface area contributed by atoms with Gasteiger partial charge in [-0.25, -0.2) is 0 Å². The number of nitrogens with zero attached hydrogens (tertiary/aromatic N) is 1. The molecule has 4 nitrogen and oxygen atoms in total. The summed E-state index contributed by atoms with van der Waals surface area (Å²) in [6, 6.07) is 7.78. The monoisotopic (exact) mass is 265 g/mol. The second-order valence-electron chi connectivity index (χ2n) is 5.61. The molecule has 0 bridgehead atoms. The summed E-state index contributed by atoms with van der Waals surface area (Å²) in [6.45, 7) is 6.67. The first-order valence-corrected chi connectivity index (χ1v) is 6.43. The summed E-state index contributed by atoms with van der Waals surface area (Å²) >= 11 is 0. The number of carbonyl (C=O) groups excluding carboxylic acids is 1. The van der Waals surface area contributed by atoms with Gasteiger partial charge in [0.1, 0.15) is 5.75 Å². The van der Waals surface area contributed by atoms with Gasteiger partial charge in [-0.3, -0.25) is 4.79 Å². The van der Waals surface area contributed by atoms with E-state index in [0.717, 1.165) is 0 Å². The topological polar surface area (TPSA) is 49.8 Å².